The molecule has 1 unspecified atom stereocenters. The Morgan fingerprint density at radius 3 is 2.75 bits per heavy atom. The maximum Gasteiger partial charge on any atom is 0.236 e. The van der Waals surface area contributed by atoms with Crippen LogP contribution in [0.4, 0.5) is 0 Å². The van der Waals surface area contributed by atoms with Gasteiger partial charge in [-0.3, -0.25) is 9.59 Å². The van der Waals surface area contributed by atoms with E-state index in [1.807, 2.05) is 4.90 Å². The topological polar surface area (TPSA) is 61.4 Å². The zero-order chi connectivity index (χ0) is 11.4. The number of hydrogen-bond acceptors (Lipinski definition) is 3. The van der Waals surface area contributed by atoms with Crippen LogP contribution in [0.1, 0.15) is 25.7 Å². The third-order valence-corrected chi connectivity index (χ3v) is 3.23. The zero-order valence-electron chi connectivity index (χ0n) is 9.50. The lowest BCUT2D eigenvalue weighted by molar-refractivity contribution is -0.131. The molecule has 2 aliphatic rings. The minimum atomic E-state index is 0.0721. The molecule has 0 bridgehead atoms. The minimum Gasteiger partial charge on any atom is -0.354 e. The van der Waals surface area contributed by atoms with Crippen molar-refractivity contribution >= 4 is 11.8 Å². The Morgan fingerprint density at radius 1 is 1.38 bits per heavy atom. The molecule has 2 fully saturated rings. The summed E-state index contributed by atoms with van der Waals surface area (Å²) in [6.45, 7) is 2.79. The number of carbonyl (C=O) groups is 2. The average molecular weight is 225 g/mol. The second-order valence-corrected chi connectivity index (χ2v) is 4.53. The monoisotopic (exact) mass is 225 g/mol. The van der Waals surface area contributed by atoms with E-state index in [9.17, 15) is 9.59 Å². The Balaban J connectivity index is 1.68. The van der Waals surface area contributed by atoms with Crippen LogP contribution >= 0.6 is 0 Å². The Hall–Kier alpha value is -1.10. The van der Waals surface area contributed by atoms with Crippen molar-refractivity contribution in [3.63, 3.8) is 0 Å². The number of likely N-dealkylation sites (tertiary alicyclic amines) is 1. The van der Waals surface area contributed by atoms with Gasteiger partial charge in [-0.2, -0.15) is 0 Å². The Labute approximate surface area is 95.6 Å². The molecule has 5 heteroatoms. The highest BCUT2D eigenvalue weighted by Crippen LogP contribution is 2.08. The minimum absolute atomic E-state index is 0.0721. The molecule has 1 atom stereocenters. The predicted molar refractivity (Wildman–Crippen MR) is 59.8 cm³/mol. The van der Waals surface area contributed by atoms with Gasteiger partial charge in [-0.25, -0.2) is 0 Å². The normalized spacial score (nSPS) is 25.6. The molecule has 2 N–H and O–H groups in total. The number of amides is 2. The van der Waals surface area contributed by atoms with Crippen LogP contribution in [0.3, 0.4) is 0 Å². The summed E-state index contributed by atoms with van der Waals surface area (Å²) in [5, 5.41) is 5.88. The van der Waals surface area contributed by atoms with Gasteiger partial charge in [0, 0.05) is 32.1 Å². The van der Waals surface area contributed by atoms with E-state index >= 15 is 0 Å². The third kappa shape index (κ3) is 2.95. The molecule has 2 saturated heterocycles. The molecule has 90 valence electrons. The number of carbonyl (C=O) groups excluding carboxylic acids is 2. The summed E-state index contributed by atoms with van der Waals surface area (Å²) in [6.07, 6.45) is 3.97. The zero-order valence-corrected chi connectivity index (χ0v) is 9.50. The fourth-order valence-corrected chi connectivity index (χ4v) is 2.24. The van der Waals surface area contributed by atoms with Gasteiger partial charge in [0.15, 0.2) is 0 Å². The van der Waals surface area contributed by atoms with Crippen molar-refractivity contribution in [2.24, 2.45) is 0 Å². The molecule has 0 saturated carbocycles. The average Bonchev–Trinajstić information content (AvgIpc) is 2.73. The van der Waals surface area contributed by atoms with Crippen LogP contribution in [-0.2, 0) is 9.59 Å². The molecule has 0 aromatic rings. The second kappa shape index (κ2) is 5.30. The van der Waals surface area contributed by atoms with Crippen molar-refractivity contribution in [3.05, 3.63) is 0 Å². The first kappa shape index (κ1) is 11.4. The molecule has 5 nitrogen and oxygen atoms in total. The third-order valence-electron chi connectivity index (χ3n) is 3.23. The standard InChI is InChI=1S/C11H19N3O2/c15-10-6-9(7-13-10)12-8-11(16)14-4-2-1-3-5-14/h9,12H,1-8H2,(H,13,15). The lowest BCUT2D eigenvalue weighted by Crippen LogP contribution is -2.44. The molecule has 0 radical (unpaired) electrons. The summed E-state index contributed by atoms with van der Waals surface area (Å²) < 4.78 is 0. The highest BCUT2D eigenvalue weighted by atomic mass is 16.2. The van der Waals surface area contributed by atoms with Crippen LogP contribution in [0.15, 0.2) is 0 Å². The molecule has 2 rings (SSSR count). The molecular formula is C11H19N3O2. The molecule has 16 heavy (non-hydrogen) atoms. The second-order valence-electron chi connectivity index (χ2n) is 4.53. The Morgan fingerprint density at radius 2 is 2.12 bits per heavy atom. The molecule has 0 aliphatic carbocycles. The molecule has 2 amide bonds. The number of piperidine rings is 1. The highest BCUT2D eigenvalue weighted by Gasteiger charge is 2.23. The summed E-state index contributed by atoms with van der Waals surface area (Å²) in [7, 11) is 0. The van der Waals surface area contributed by atoms with Crippen molar-refractivity contribution in [2.45, 2.75) is 31.7 Å². The van der Waals surface area contributed by atoms with Gasteiger partial charge in [0.25, 0.3) is 0 Å². The summed E-state index contributed by atoms with van der Waals surface area (Å²) in [5.74, 6) is 0.238. The molecule has 2 heterocycles. The van der Waals surface area contributed by atoms with Crippen molar-refractivity contribution in [1.82, 2.24) is 15.5 Å². The van der Waals surface area contributed by atoms with Crippen molar-refractivity contribution in [3.8, 4) is 0 Å². The maximum atomic E-state index is 11.8. The Bertz CT molecular complexity index is 274. The van der Waals surface area contributed by atoms with Gasteiger partial charge in [-0.15, -0.1) is 0 Å². The summed E-state index contributed by atoms with van der Waals surface area (Å²) in [4.78, 5) is 24.7. The van der Waals surface area contributed by atoms with Crippen LogP contribution in [0.25, 0.3) is 0 Å². The number of rotatable bonds is 3. The van der Waals surface area contributed by atoms with Crippen molar-refractivity contribution in [2.75, 3.05) is 26.2 Å². The molecule has 2 aliphatic heterocycles. The van der Waals surface area contributed by atoms with Gasteiger partial charge in [0.1, 0.15) is 0 Å². The summed E-state index contributed by atoms with van der Waals surface area (Å²) in [6, 6.07) is 0.126. The lowest BCUT2D eigenvalue weighted by atomic mass is 10.1. The van der Waals surface area contributed by atoms with Crippen LogP contribution in [0.2, 0.25) is 0 Å². The van der Waals surface area contributed by atoms with E-state index in [-0.39, 0.29) is 17.9 Å². The summed E-state index contributed by atoms with van der Waals surface area (Å²) >= 11 is 0. The van der Waals surface area contributed by atoms with E-state index < -0.39 is 0 Å². The maximum absolute atomic E-state index is 11.8. The molecule has 0 spiro atoms. The van der Waals surface area contributed by atoms with E-state index in [2.05, 4.69) is 10.6 Å². The first-order chi connectivity index (χ1) is 7.75. The van der Waals surface area contributed by atoms with E-state index in [0.29, 0.717) is 19.5 Å². The molecular weight excluding hydrogens is 206 g/mol. The van der Waals surface area contributed by atoms with Gasteiger partial charge < -0.3 is 15.5 Å². The fourth-order valence-electron chi connectivity index (χ4n) is 2.24. The first-order valence-electron chi connectivity index (χ1n) is 6.03. The van der Waals surface area contributed by atoms with Gasteiger partial charge >= 0.3 is 0 Å². The number of hydrogen-bond donors (Lipinski definition) is 2. The fraction of sp³-hybridized carbons (Fsp3) is 0.818. The smallest absolute Gasteiger partial charge is 0.236 e. The summed E-state index contributed by atoms with van der Waals surface area (Å²) in [5.41, 5.74) is 0. The van der Waals surface area contributed by atoms with Crippen molar-refractivity contribution in [1.29, 1.82) is 0 Å². The van der Waals surface area contributed by atoms with E-state index in [1.54, 1.807) is 0 Å². The predicted octanol–water partition coefficient (Wildman–Crippen LogP) is -0.523. The SMILES string of the molecule is O=C1CC(NCC(=O)N2CCCCC2)CN1. The van der Waals surface area contributed by atoms with Gasteiger partial charge in [-0.05, 0) is 19.3 Å². The van der Waals surface area contributed by atoms with E-state index in [1.165, 1.54) is 6.42 Å². The number of nitrogens with zero attached hydrogens (tertiary/aromatic N) is 1. The van der Waals surface area contributed by atoms with Crippen LogP contribution < -0.4 is 10.6 Å². The molecule has 0 aromatic carbocycles. The van der Waals surface area contributed by atoms with E-state index in [4.69, 9.17) is 0 Å². The van der Waals surface area contributed by atoms with Crippen LogP contribution in [0, 0.1) is 0 Å². The van der Waals surface area contributed by atoms with Gasteiger partial charge in [0.2, 0.25) is 11.8 Å². The lowest BCUT2D eigenvalue weighted by Gasteiger charge is -2.27. The van der Waals surface area contributed by atoms with Gasteiger partial charge in [0.05, 0.1) is 6.54 Å². The molecule has 0 aromatic heterocycles. The number of nitrogens with one attached hydrogen (secondary N) is 2. The van der Waals surface area contributed by atoms with Crippen LogP contribution in [0.5, 0.6) is 0 Å². The quantitative estimate of drug-likeness (QED) is 0.679. The largest absolute Gasteiger partial charge is 0.354 e. The Kier molecular flexibility index (Phi) is 3.77. The van der Waals surface area contributed by atoms with Crippen molar-refractivity contribution < 1.29 is 9.59 Å². The van der Waals surface area contributed by atoms with Gasteiger partial charge in [-0.1, -0.05) is 0 Å². The highest BCUT2D eigenvalue weighted by molar-refractivity contribution is 5.80. The first-order valence-corrected chi connectivity index (χ1v) is 6.03. The van der Waals surface area contributed by atoms with E-state index in [0.717, 1.165) is 25.9 Å². The van der Waals surface area contributed by atoms with Crippen LogP contribution in [-0.4, -0.2) is 48.9 Å².